The van der Waals surface area contributed by atoms with Gasteiger partial charge in [-0.3, -0.25) is 30.1 Å². The maximum Gasteiger partial charge on any atom is 0.265 e. The van der Waals surface area contributed by atoms with Gasteiger partial charge in [-0.25, -0.2) is 30.8 Å². The largest absolute Gasteiger partial charge is 0.351 e. The SMILES string of the molecule is NNC(=O)c1ccc(C[18F])cc1.NNC(=O)c1ccc([18F])cc1.NOCC(=O)NCC[18F]. The van der Waals surface area contributed by atoms with Crippen LogP contribution in [0.3, 0.4) is 0 Å². The fraction of sp³-hybridized carbons (Fsp3) is 0.211. The Kier molecular flexibility index (Phi) is 15.3. The first kappa shape index (κ1) is 28.5. The smallest absolute Gasteiger partial charge is 0.265 e. The van der Waals surface area contributed by atoms with E-state index in [-0.39, 0.29) is 24.9 Å². The molecule has 0 heterocycles. The molecule has 9 N–H and O–H groups in total. The molecule has 0 bridgehead atoms. The minimum absolute atomic E-state index is 0.0161. The van der Waals surface area contributed by atoms with Gasteiger partial charge in [0.15, 0.2) is 0 Å². The van der Waals surface area contributed by atoms with E-state index >= 15 is 0 Å². The zero-order chi connectivity index (χ0) is 24.4. The maximum atomic E-state index is 12.3. The number of alkyl halides is 2. The van der Waals surface area contributed by atoms with Crippen LogP contribution >= 0.6 is 0 Å². The predicted octanol–water partition coefficient (Wildman–Crippen LogP) is 0.151. The van der Waals surface area contributed by atoms with Crippen molar-refractivity contribution in [1.82, 2.24) is 16.2 Å². The van der Waals surface area contributed by atoms with Crippen LogP contribution in [0.2, 0.25) is 0 Å². The molecule has 10 nitrogen and oxygen atoms in total. The standard InChI is InChI=1S/C8H9FN2O.C7H7FN2O.C4H9FN2O2/c9-5-6-1-3-7(4-2-6)8(12)11-10;8-6-3-1-5(2-4-6)7(11)10-9;5-1-2-7-4(8)3-9-6/h1-4H,5,10H2,(H,11,12);1-4H,9H2,(H,10,11);1-3,6H2,(H,7,8)/i9-1;8-1;5-1. The van der Waals surface area contributed by atoms with Crippen molar-refractivity contribution < 1.29 is 32.4 Å². The second kappa shape index (κ2) is 17.2. The number of amides is 3. The molecule has 0 aliphatic carbocycles. The molecule has 0 saturated heterocycles. The lowest BCUT2D eigenvalue weighted by Crippen LogP contribution is -2.30. The second-order valence-electron chi connectivity index (χ2n) is 5.63. The molecule has 176 valence electrons. The Morgan fingerprint density at radius 3 is 1.69 bits per heavy atom. The number of carbonyl (C=O) groups excluding carboxylic acids is 3. The summed E-state index contributed by atoms with van der Waals surface area (Å²) in [5.74, 6) is 12.7. The van der Waals surface area contributed by atoms with Crippen molar-refractivity contribution in [3.63, 3.8) is 0 Å². The summed E-state index contributed by atoms with van der Waals surface area (Å²) in [5, 5.41) is 2.21. The Balaban J connectivity index is 0.000000456. The summed E-state index contributed by atoms with van der Waals surface area (Å²) in [4.78, 5) is 35.9. The van der Waals surface area contributed by atoms with Crippen molar-refractivity contribution in [2.24, 2.45) is 17.6 Å². The van der Waals surface area contributed by atoms with Gasteiger partial charge in [0.1, 0.15) is 25.8 Å². The number of rotatable bonds is 7. The van der Waals surface area contributed by atoms with E-state index in [2.05, 4.69) is 16.1 Å². The fourth-order valence-corrected chi connectivity index (χ4v) is 1.83. The Morgan fingerprint density at radius 1 is 0.844 bits per heavy atom. The van der Waals surface area contributed by atoms with Crippen molar-refractivity contribution in [3.05, 3.63) is 71.0 Å². The lowest BCUT2D eigenvalue weighted by Gasteiger charge is -1.99. The average molecular weight is 455 g/mol. The van der Waals surface area contributed by atoms with Crippen LogP contribution in [0.1, 0.15) is 26.3 Å². The van der Waals surface area contributed by atoms with E-state index in [1.54, 1.807) is 12.1 Å². The van der Waals surface area contributed by atoms with Crippen LogP contribution in [0.25, 0.3) is 0 Å². The Morgan fingerprint density at radius 2 is 1.31 bits per heavy atom. The summed E-state index contributed by atoms with van der Waals surface area (Å²) in [7, 11) is 0. The molecular formula is C19H25F3N6O4. The van der Waals surface area contributed by atoms with Gasteiger partial charge in [0.25, 0.3) is 11.8 Å². The molecule has 0 aliphatic heterocycles. The summed E-state index contributed by atoms with van der Waals surface area (Å²) in [6.45, 7) is -1.30. The number of carbonyl (C=O) groups is 3. The van der Waals surface area contributed by atoms with Gasteiger partial charge in [0.2, 0.25) is 5.91 Å². The van der Waals surface area contributed by atoms with Gasteiger partial charge in [0.05, 0.1) is 0 Å². The molecule has 2 aromatic rings. The normalized spacial score (nSPS) is 9.31. The summed E-state index contributed by atoms with van der Waals surface area (Å²) < 4.78 is 35.6. The lowest BCUT2D eigenvalue weighted by molar-refractivity contribution is -0.125. The summed E-state index contributed by atoms with van der Waals surface area (Å²) in [5.41, 5.74) is 5.24. The molecule has 2 rings (SSSR count). The lowest BCUT2D eigenvalue weighted by atomic mass is 10.1. The number of hydrogen-bond donors (Lipinski definition) is 6. The second-order valence-corrected chi connectivity index (χ2v) is 5.63. The van der Waals surface area contributed by atoms with Gasteiger partial charge in [0, 0.05) is 17.7 Å². The van der Waals surface area contributed by atoms with Crippen molar-refractivity contribution >= 4 is 17.7 Å². The van der Waals surface area contributed by atoms with Crippen molar-refractivity contribution in [2.75, 3.05) is 19.8 Å². The molecule has 0 unspecified atom stereocenters. The summed E-state index contributed by atoms with van der Waals surface area (Å²) in [6, 6.07) is 11.3. The molecule has 0 aliphatic rings. The number of hydrazine groups is 2. The highest BCUT2D eigenvalue weighted by Gasteiger charge is 2.02. The molecule has 0 radical (unpaired) electrons. The number of benzene rings is 2. The Labute approximate surface area is 182 Å². The van der Waals surface area contributed by atoms with E-state index in [0.717, 1.165) is 0 Å². The number of nitrogen functional groups attached to an aromatic ring is 2. The molecule has 3 amide bonds. The number of nitrogens with one attached hydrogen (secondary N) is 3. The first-order valence-corrected chi connectivity index (χ1v) is 8.89. The molecule has 0 fully saturated rings. The maximum absolute atomic E-state index is 12.3. The van der Waals surface area contributed by atoms with Gasteiger partial charge in [-0.15, -0.1) is 0 Å². The van der Waals surface area contributed by atoms with E-state index in [9.17, 15) is 27.6 Å². The first-order valence-electron chi connectivity index (χ1n) is 8.89. The highest BCUT2D eigenvalue weighted by molar-refractivity contribution is 5.94. The van der Waals surface area contributed by atoms with Crippen LogP contribution in [0, 0.1) is 5.82 Å². The van der Waals surface area contributed by atoms with Crippen LogP contribution in [0.5, 0.6) is 0 Å². The number of hydrogen-bond acceptors (Lipinski definition) is 7. The van der Waals surface area contributed by atoms with Crippen LogP contribution < -0.4 is 33.8 Å². The van der Waals surface area contributed by atoms with Gasteiger partial charge in [-0.2, -0.15) is 0 Å². The minimum Gasteiger partial charge on any atom is -0.351 e. The van der Waals surface area contributed by atoms with E-state index in [1.165, 1.54) is 36.4 Å². The van der Waals surface area contributed by atoms with Crippen molar-refractivity contribution in [2.45, 2.75) is 6.67 Å². The zero-order valence-corrected chi connectivity index (χ0v) is 16.9. The Hall–Kier alpha value is -3.52. The third kappa shape index (κ3) is 12.2. The van der Waals surface area contributed by atoms with E-state index in [4.69, 9.17) is 11.7 Å². The van der Waals surface area contributed by atoms with Crippen LogP contribution in [-0.2, 0) is 16.3 Å². The van der Waals surface area contributed by atoms with E-state index in [1.807, 2.05) is 10.9 Å². The molecule has 0 saturated carbocycles. The molecule has 0 spiro atoms. The molecule has 0 aromatic heterocycles. The zero-order valence-electron chi connectivity index (χ0n) is 16.9. The summed E-state index contributed by atoms with van der Waals surface area (Å²) in [6.07, 6.45) is 0. The monoisotopic (exact) mass is 455 g/mol. The van der Waals surface area contributed by atoms with Crippen molar-refractivity contribution in [1.29, 1.82) is 0 Å². The van der Waals surface area contributed by atoms with Gasteiger partial charge >= 0.3 is 0 Å². The molecule has 13 heteroatoms. The third-order valence-corrected chi connectivity index (χ3v) is 3.37. The predicted molar refractivity (Wildman–Crippen MR) is 110 cm³/mol. The average Bonchev–Trinajstić information content (AvgIpc) is 2.83. The van der Waals surface area contributed by atoms with E-state index in [0.29, 0.717) is 16.7 Å². The highest BCUT2D eigenvalue weighted by atomic mass is 18.2. The summed E-state index contributed by atoms with van der Waals surface area (Å²) >= 11 is 0. The van der Waals surface area contributed by atoms with Gasteiger partial charge < -0.3 is 5.32 Å². The van der Waals surface area contributed by atoms with Crippen LogP contribution in [0.4, 0.5) is 13.2 Å². The van der Waals surface area contributed by atoms with Crippen LogP contribution in [-0.4, -0.2) is 37.5 Å². The Bertz CT molecular complexity index is 823. The minimum atomic E-state index is -0.573. The molecular weight excluding hydrogens is 430 g/mol. The third-order valence-electron chi connectivity index (χ3n) is 3.37. The molecule has 0 atom stereocenters. The fourth-order valence-electron chi connectivity index (χ4n) is 1.83. The van der Waals surface area contributed by atoms with Gasteiger partial charge in [-0.1, -0.05) is 12.1 Å². The first-order chi connectivity index (χ1) is 15.3. The quantitative estimate of drug-likeness (QED) is 0.196. The molecule has 32 heavy (non-hydrogen) atoms. The van der Waals surface area contributed by atoms with Gasteiger partial charge in [-0.05, 0) is 42.0 Å². The number of halogens is 3. The van der Waals surface area contributed by atoms with E-state index < -0.39 is 25.2 Å². The topological polar surface area (TPSA) is 175 Å². The molecule has 2 aromatic carbocycles. The number of nitrogens with two attached hydrogens (primary N) is 3. The highest BCUT2D eigenvalue weighted by Crippen LogP contribution is 2.05. The van der Waals surface area contributed by atoms with Crippen LogP contribution in [0.15, 0.2) is 48.5 Å². The van der Waals surface area contributed by atoms with Crippen molar-refractivity contribution in [3.8, 4) is 0 Å².